The monoisotopic (exact) mass is 402 g/mol. The summed E-state index contributed by atoms with van der Waals surface area (Å²) >= 11 is 1.71. The number of carbonyl (C=O) groups is 1. The lowest BCUT2D eigenvalue weighted by Gasteiger charge is -2.20. The standard InChI is InChI=1S/C21H30N4O2S/c26-20-9-2-1-3-13-25(20)14-6-11-22-21(24-17-19-8-5-16-28-19)23-12-10-18-7-4-15-27-18/h4-5,7-8,15-16H,1-3,6,9-14,17H2,(H2,22,23,24). The van der Waals surface area contributed by atoms with Crippen LogP contribution in [0, 0.1) is 0 Å². The SMILES string of the molecule is O=C1CCCCCN1CCCNC(=NCc1cccs1)NCCc1ccco1. The molecule has 0 bridgehead atoms. The molecule has 7 heteroatoms. The van der Waals surface area contributed by atoms with Crippen molar-refractivity contribution in [3.63, 3.8) is 0 Å². The lowest BCUT2D eigenvalue weighted by Crippen LogP contribution is -2.40. The van der Waals surface area contributed by atoms with E-state index in [1.165, 1.54) is 11.3 Å². The number of thiophene rings is 1. The molecule has 3 heterocycles. The maximum atomic E-state index is 12.1. The third kappa shape index (κ3) is 7.03. The molecule has 2 aromatic heterocycles. The summed E-state index contributed by atoms with van der Waals surface area (Å²) in [6.07, 6.45) is 7.46. The van der Waals surface area contributed by atoms with Crippen molar-refractivity contribution < 1.29 is 9.21 Å². The molecule has 1 aliphatic rings. The van der Waals surface area contributed by atoms with Crippen molar-refractivity contribution in [3.8, 4) is 0 Å². The second-order valence-corrected chi connectivity index (χ2v) is 8.00. The molecule has 0 unspecified atom stereocenters. The van der Waals surface area contributed by atoms with Crippen LogP contribution in [0.2, 0.25) is 0 Å². The van der Waals surface area contributed by atoms with Gasteiger partial charge >= 0.3 is 0 Å². The van der Waals surface area contributed by atoms with E-state index in [2.05, 4.69) is 22.1 Å². The molecule has 1 fully saturated rings. The summed E-state index contributed by atoms with van der Waals surface area (Å²) in [5, 5.41) is 8.86. The number of hydrogen-bond acceptors (Lipinski definition) is 4. The molecule has 2 N–H and O–H groups in total. The summed E-state index contributed by atoms with van der Waals surface area (Å²) in [7, 11) is 0. The molecule has 1 aliphatic heterocycles. The number of likely N-dealkylation sites (tertiary alicyclic amines) is 1. The Morgan fingerprint density at radius 3 is 2.93 bits per heavy atom. The first-order chi connectivity index (χ1) is 13.8. The van der Waals surface area contributed by atoms with Gasteiger partial charge in [-0.3, -0.25) is 4.79 Å². The molecule has 28 heavy (non-hydrogen) atoms. The number of guanidine groups is 1. The first kappa shape index (κ1) is 20.5. The number of hydrogen-bond donors (Lipinski definition) is 2. The molecule has 1 amide bonds. The highest BCUT2D eigenvalue weighted by atomic mass is 32.1. The van der Waals surface area contributed by atoms with Gasteiger partial charge in [-0.25, -0.2) is 4.99 Å². The van der Waals surface area contributed by atoms with E-state index in [-0.39, 0.29) is 0 Å². The van der Waals surface area contributed by atoms with E-state index in [1.54, 1.807) is 17.6 Å². The lowest BCUT2D eigenvalue weighted by atomic mass is 10.2. The lowest BCUT2D eigenvalue weighted by molar-refractivity contribution is -0.130. The van der Waals surface area contributed by atoms with E-state index in [4.69, 9.17) is 9.41 Å². The van der Waals surface area contributed by atoms with Gasteiger partial charge in [0, 0.05) is 43.9 Å². The number of furan rings is 1. The summed E-state index contributed by atoms with van der Waals surface area (Å²) in [5.41, 5.74) is 0. The van der Waals surface area contributed by atoms with Gasteiger partial charge in [0.15, 0.2) is 5.96 Å². The van der Waals surface area contributed by atoms with Gasteiger partial charge in [0.1, 0.15) is 5.76 Å². The Morgan fingerprint density at radius 1 is 1.18 bits per heavy atom. The third-order valence-electron chi connectivity index (χ3n) is 4.79. The summed E-state index contributed by atoms with van der Waals surface area (Å²) in [6, 6.07) is 8.03. The Labute approximate surface area is 171 Å². The van der Waals surface area contributed by atoms with Crippen LogP contribution in [0.3, 0.4) is 0 Å². The van der Waals surface area contributed by atoms with Crippen LogP contribution in [-0.2, 0) is 17.8 Å². The molecular weight excluding hydrogens is 372 g/mol. The Kier molecular flexibility index (Phi) is 8.43. The minimum Gasteiger partial charge on any atom is -0.469 e. The predicted molar refractivity (Wildman–Crippen MR) is 114 cm³/mol. The predicted octanol–water partition coefficient (Wildman–Crippen LogP) is 3.41. The molecule has 0 saturated carbocycles. The highest BCUT2D eigenvalue weighted by Crippen LogP contribution is 2.11. The quantitative estimate of drug-likeness (QED) is 0.383. The molecule has 0 atom stereocenters. The van der Waals surface area contributed by atoms with Gasteiger partial charge in [0.05, 0.1) is 12.8 Å². The van der Waals surface area contributed by atoms with E-state index >= 15 is 0 Å². The van der Waals surface area contributed by atoms with Crippen molar-refractivity contribution in [2.24, 2.45) is 4.99 Å². The van der Waals surface area contributed by atoms with Crippen LogP contribution in [0.15, 0.2) is 45.3 Å². The molecule has 152 valence electrons. The summed E-state index contributed by atoms with van der Waals surface area (Å²) in [5.74, 6) is 2.08. The molecule has 0 spiro atoms. The zero-order valence-corrected chi connectivity index (χ0v) is 17.2. The van der Waals surface area contributed by atoms with Crippen molar-refractivity contribution in [2.45, 2.75) is 45.1 Å². The van der Waals surface area contributed by atoms with Crippen molar-refractivity contribution in [1.82, 2.24) is 15.5 Å². The average Bonchev–Trinajstić information content (AvgIpc) is 3.37. The molecule has 3 rings (SSSR count). The third-order valence-corrected chi connectivity index (χ3v) is 5.65. The Bertz CT molecular complexity index is 713. The van der Waals surface area contributed by atoms with Gasteiger partial charge in [0.2, 0.25) is 5.91 Å². The largest absolute Gasteiger partial charge is 0.469 e. The molecule has 0 radical (unpaired) electrons. The summed E-state index contributed by atoms with van der Waals surface area (Å²) in [6.45, 7) is 3.93. The highest BCUT2D eigenvalue weighted by Gasteiger charge is 2.15. The fourth-order valence-electron chi connectivity index (χ4n) is 3.24. The second kappa shape index (κ2) is 11.5. The van der Waals surface area contributed by atoms with Gasteiger partial charge in [0.25, 0.3) is 0 Å². The van der Waals surface area contributed by atoms with Crippen molar-refractivity contribution in [1.29, 1.82) is 0 Å². The Morgan fingerprint density at radius 2 is 2.11 bits per heavy atom. The smallest absolute Gasteiger partial charge is 0.222 e. The molecule has 1 saturated heterocycles. The van der Waals surface area contributed by atoms with Crippen molar-refractivity contribution in [2.75, 3.05) is 26.2 Å². The van der Waals surface area contributed by atoms with Gasteiger partial charge in [-0.05, 0) is 42.8 Å². The van der Waals surface area contributed by atoms with Gasteiger partial charge in [-0.15, -0.1) is 11.3 Å². The van der Waals surface area contributed by atoms with Crippen LogP contribution < -0.4 is 10.6 Å². The van der Waals surface area contributed by atoms with Crippen LogP contribution in [0.5, 0.6) is 0 Å². The minimum absolute atomic E-state index is 0.306. The summed E-state index contributed by atoms with van der Waals surface area (Å²) < 4.78 is 5.38. The minimum atomic E-state index is 0.306. The first-order valence-electron chi connectivity index (χ1n) is 10.2. The highest BCUT2D eigenvalue weighted by molar-refractivity contribution is 7.09. The van der Waals surface area contributed by atoms with Crippen LogP contribution in [0.4, 0.5) is 0 Å². The zero-order chi connectivity index (χ0) is 19.4. The van der Waals surface area contributed by atoms with Gasteiger partial charge in [-0.1, -0.05) is 12.5 Å². The molecule has 2 aromatic rings. The number of aliphatic imine (C=N–C) groups is 1. The van der Waals surface area contributed by atoms with Crippen molar-refractivity contribution in [3.05, 3.63) is 46.5 Å². The maximum absolute atomic E-state index is 12.1. The van der Waals surface area contributed by atoms with E-state index in [9.17, 15) is 4.79 Å². The second-order valence-electron chi connectivity index (χ2n) is 6.97. The first-order valence-corrected chi connectivity index (χ1v) is 11.0. The maximum Gasteiger partial charge on any atom is 0.222 e. The van der Waals surface area contributed by atoms with E-state index in [0.717, 1.165) is 63.6 Å². The molecule has 0 aliphatic carbocycles. The number of nitrogens with one attached hydrogen (secondary N) is 2. The number of rotatable bonds is 9. The Balaban J connectivity index is 1.43. The normalized spacial score (nSPS) is 15.5. The van der Waals surface area contributed by atoms with Gasteiger partial charge in [-0.2, -0.15) is 0 Å². The topological polar surface area (TPSA) is 69.9 Å². The molecule has 0 aromatic carbocycles. The molecular formula is C21H30N4O2S. The van der Waals surface area contributed by atoms with E-state index < -0.39 is 0 Å². The Hall–Kier alpha value is -2.28. The van der Waals surface area contributed by atoms with Crippen LogP contribution in [-0.4, -0.2) is 42.9 Å². The number of carbonyl (C=O) groups excluding carboxylic acids is 1. The molecule has 6 nitrogen and oxygen atoms in total. The van der Waals surface area contributed by atoms with Crippen LogP contribution in [0.1, 0.15) is 42.7 Å². The fourth-order valence-corrected chi connectivity index (χ4v) is 3.87. The van der Waals surface area contributed by atoms with E-state index in [1.807, 2.05) is 23.1 Å². The van der Waals surface area contributed by atoms with Crippen LogP contribution >= 0.6 is 11.3 Å². The summed E-state index contributed by atoms with van der Waals surface area (Å²) in [4.78, 5) is 20.0. The van der Waals surface area contributed by atoms with Gasteiger partial charge < -0.3 is 20.0 Å². The van der Waals surface area contributed by atoms with Crippen LogP contribution in [0.25, 0.3) is 0 Å². The van der Waals surface area contributed by atoms with Crippen molar-refractivity contribution >= 4 is 23.2 Å². The number of amides is 1. The fraction of sp³-hybridized carbons (Fsp3) is 0.524. The zero-order valence-electron chi connectivity index (χ0n) is 16.4. The number of nitrogens with zero attached hydrogens (tertiary/aromatic N) is 2. The van der Waals surface area contributed by atoms with E-state index in [0.29, 0.717) is 18.9 Å². The average molecular weight is 403 g/mol.